The van der Waals surface area contributed by atoms with Crippen molar-refractivity contribution in [1.29, 1.82) is 0 Å². The predicted octanol–water partition coefficient (Wildman–Crippen LogP) is 4.31. The maximum atomic E-state index is 13.9. The molecule has 2 aromatic carbocycles. The number of hydrogen-bond donors (Lipinski definition) is 2. The third-order valence-corrected chi connectivity index (χ3v) is 4.99. The molecule has 0 saturated heterocycles. The van der Waals surface area contributed by atoms with Crippen molar-refractivity contribution in [1.82, 2.24) is 0 Å². The molecule has 2 amide bonds. The summed E-state index contributed by atoms with van der Waals surface area (Å²) in [5.74, 6) is -0.891. The third-order valence-electron chi connectivity index (χ3n) is 3.91. The molecule has 0 unspecified atom stereocenters. The molecule has 28 heavy (non-hydrogen) atoms. The average Bonchev–Trinajstić information content (AvgIpc) is 3.15. The minimum Gasteiger partial charge on any atom is -0.495 e. The second-order valence-corrected chi connectivity index (χ2v) is 6.90. The fourth-order valence-corrected chi connectivity index (χ4v) is 3.48. The number of halogens is 1. The van der Waals surface area contributed by atoms with Crippen molar-refractivity contribution in [2.24, 2.45) is 5.73 Å². The van der Waals surface area contributed by atoms with Gasteiger partial charge in [-0.05, 0) is 42.5 Å². The van der Waals surface area contributed by atoms with Crippen LogP contribution in [-0.4, -0.2) is 18.9 Å². The number of carbonyl (C=O) groups is 2. The van der Waals surface area contributed by atoms with E-state index in [0.717, 1.165) is 9.75 Å². The maximum absolute atomic E-state index is 13.9. The van der Waals surface area contributed by atoms with Crippen molar-refractivity contribution in [3.8, 4) is 16.2 Å². The Morgan fingerprint density at radius 1 is 1.14 bits per heavy atom. The standard InChI is InChI=1S/C21H17FN2O3S/c1-27-18-9-6-13(21(23)26)12-17(18)24-20(25)11-8-14-7-10-19(28-14)15-4-2-3-5-16(15)22/h2-12H,1H3,(H2,23,26)(H,24,25)/b11-8+. The summed E-state index contributed by atoms with van der Waals surface area (Å²) >= 11 is 1.37. The highest BCUT2D eigenvalue weighted by Gasteiger charge is 2.10. The average molecular weight is 396 g/mol. The van der Waals surface area contributed by atoms with Gasteiger partial charge in [0.25, 0.3) is 0 Å². The highest BCUT2D eigenvalue weighted by Crippen LogP contribution is 2.30. The second-order valence-electron chi connectivity index (χ2n) is 5.78. The fourth-order valence-electron chi connectivity index (χ4n) is 2.54. The predicted molar refractivity (Wildman–Crippen MR) is 109 cm³/mol. The Hall–Kier alpha value is -3.45. The van der Waals surface area contributed by atoms with Crippen LogP contribution in [0.1, 0.15) is 15.2 Å². The first-order valence-corrected chi connectivity index (χ1v) is 9.11. The maximum Gasteiger partial charge on any atom is 0.248 e. The quantitative estimate of drug-likeness (QED) is 0.609. The Morgan fingerprint density at radius 2 is 1.93 bits per heavy atom. The Morgan fingerprint density at radius 3 is 2.64 bits per heavy atom. The van der Waals surface area contributed by atoms with E-state index >= 15 is 0 Å². The largest absolute Gasteiger partial charge is 0.495 e. The van der Waals surface area contributed by atoms with Gasteiger partial charge in [-0.1, -0.05) is 18.2 Å². The van der Waals surface area contributed by atoms with Crippen molar-refractivity contribution >= 4 is 34.9 Å². The third kappa shape index (κ3) is 4.44. The van der Waals surface area contributed by atoms with Gasteiger partial charge in [0.05, 0.1) is 12.8 Å². The van der Waals surface area contributed by atoms with Crippen molar-refractivity contribution in [3.63, 3.8) is 0 Å². The summed E-state index contributed by atoms with van der Waals surface area (Å²) in [7, 11) is 1.46. The summed E-state index contributed by atoms with van der Waals surface area (Å²) in [6.45, 7) is 0. The van der Waals surface area contributed by atoms with E-state index in [9.17, 15) is 14.0 Å². The monoisotopic (exact) mass is 396 g/mol. The lowest BCUT2D eigenvalue weighted by Crippen LogP contribution is -2.13. The number of nitrogens with one attached hydrogen (secondary N) is 1. The van der Waals surface area contributed by atoms with E-state index in [1.807, 2.05) is 6.07 Å². The number of rotatable bonds is 6. The molecule has 142 valence electrons. The normalized spacial score (nSPS) is 10.8. The molecule has 0 aliphatic heterocycles. The first-order valence-electron chi connectivity index (χ1n) is 8.29. The van der Waals surface area contributed by atoms with Gasteiger partial charge in [-0.2, -0.15) is 0 Å². The van der Waals surface area contributed by atoms with Gasteiger partial charge in [-0.25, -0.2) is 4.39 Å². The van der Waals surface area contributed by atoms with Crippen LogP contribution in [0.2, 0.25) is 0 Å². The van der Waals surface area contributed by atoms with E-state index in [-0.39, 0.29) is 11.4 Å². The molecule has 0 bridgehead atoms. The molecule has 0 aliphatic rings. The Bertz CT molecular complexity index is 1060. The second kappa shape index (κ2) is 8.49. The topological polar surface area (TPSA) is 81.4 Å². The number of benzene rings is 2. The van der Waals surface area contributed by atoms with Crippen LogP contribution in [0.4, 0.5) is 10.1 Å². The molecule has 5 nitrogen and oxygen atoms in total. The molecule has 1 aromatic heterocycles. The SMILES string of the molecule is COc1ccc(C(N)=O)cc1NC(=O)/C=C/c1ccc(-c2ccccc2F)s1. The minimum absolute atomic E-state index is 0.257. The molecular weight excluding hydrogens is 379 g/mol. The van der Waals surface area contributed by atoms with Gasteiger partial charge >= 0.3 is 0 Å². The number of nitrogens with two attached hydrogens (primary N) is 1. The van der Waals surface area contributed by atoms with Gasteiger partial charge in [0.15, 0.2) is 0 Å². The van der Waals surface area contributed by atoms with Gasteiger partial charge in [-0.3, -0.25) is 9.59 Å². The summed E-state index contributed by atoms with van der Waals surface area (Å²) in [6.07, 6.45) is 2.99. The van der Waals surface area contributed by atoms with Gasteiger partial charge in [-0.15, -0.1) is 11.3 Å². The van der Waals surface area contributed by atoms with Crippen LogP contribution in [0.5, 0.6) is 5.75 Å². The van der Waals surface area contributed by atoms with Gasteiger partial charge in [0.1, 0.15) is 11.6 Å². The number of ether oxygens (including phenoxy) is 1. The number of thiophene rings is 1. The van der Waals surface area contributed by atoms with Crippen molar-refractivity contribution in [2.45, 2.75) is 0 Å². The zero-order valence-corrected chi connectivity index (χ0v) is 15.8. The van der Waals surface area contributed by atoms with Crippen molar-refractivity contribution in [2.75, 3.05) is 12.4 Å². The van der Waals surface area contributed by atoms with Crippen LogP contribution < -0.4 is 15.8 Å². The Labute approximate surface area is 165 Å². The fraction of sp³-hybridized carbons (Fsp3) is 0.0476. The van der Waals surface area contributed by atoms with E-state index in [2.05, 4.69) is 5.32 Å². The highest BCUT2D eigenvalue weighted by atomic mass is 32.1. The number of amides is 2. The number of methoxy groups -OCH3 is 1. The van der Waals surface area contributed by atoms with Crippen molar-refractivity contribution < 1.29 is 18.7 Å². The summed E-state index contributed by atoms with van der Waals surface area (Å²) in [5.41, 5.74) is 6.38. The number of anilines is 1. The van der Waals surface area contributed by atoms with E-state index < -0.39 is 11.8 Å². The van der Waals surface area contributed by atoms with E-state index in [0.29, 0.717) is 17.0 Å². The van der Waals surface area contributed by atoms with E-state index in [1.54, 1.807) is 36.4 Å². The summed E-state index contributed by atoms with van der Waals surface area (Å²) in [5, 5.41) is 2.66. The molecule has 3 aromatic rings. The number of hydrogen-bond acceptors (Lipinski definition) is 4. The number of carbonyl (C=O) groups excluding carboxylic acids is 2. The zero-order chi connectivity index (χ0) is 20.1. The van der Waals surface area contributed by atoms with Crippen LogP contribution >= 0.6 is 11.3 Å². The molecule has 0 spiro atoms. The molecular formula is C21H17FN2O3S. The summed E-state index contributed by atoms with van der Waals surface area (Å²) in [6, 6.07) is 14.7. The molecule has 0 atom stereocenters. The summed E-state index contributed by atoms with van der Waals surface area (Å²) < 4.78 is 19.1. The minimum atomic E-state index is -0.604. The zero-order valence-electron chi connectivity index (χ0n) is 14.9. The smallest absolute Gasteiger partial charge is 0.248 e. The molecule has 1 heterocycles. The van der Waals surface area contributed by atoms with Gasteiger partial charge in [0, 0.05) is 27.0 Å². The molecule has 3 N–H and O–H groups in total. The van der Waals surface area contributed by atoms with Crippen LogP contribution in [0, 0.1) is 5.82 Å². The highest BCUT2D eigenvalue weighted by molar-refractivity contribution is 7.16. The number of primary amides is 1. The van der Waals surface area contributed by atoms with E-state index in [4.69, 9.17) is 10.5 Å². The Kier molecular flexibility index (Phi) is 5.86. The Balaban J connectivity index is 1.74. The first-order chi connectivity index (χ1) is 13.5. The first kappa shape index (κ1) is 19.3. The lowest BCUT2D eigenvalue weighted by Gasteiger charge is -2.09. The van der Waals surface area contributed by atoms with Gasteiger partial charge < -0.3 is 15.8 Å². The lowest BCUT2D eigenvalue weighted by molar-refractivity contribution is -0.111. The molecule has 0 radical (unpaired) electrons. The lowest BCUT2D eigenvalue weighted by atomic mass is 10.1. The molecule has 0 fully saturated rings. The van der Waals surface area contributed by atoms with Crippen molar-refractivity contribution in [3.05, 3.63) is 76.9 Å². The van der Waals surface area contributed by atoms with Gasteiger partial charge in [0.2, 0.25) is 11.8 Å². The summed E-state index contributed by atoms with van der Waals surface area (Å²) in [4.78, 5) is 25.1. The van der Waals surface area contributed by atoms with Crippen LogP contribution in [0.3, 0.4) is 0 Å². The van der Waals surface area contributed by atoms with Crippen LogP contribution in [-0.2, 0) is 4.79 Å². The molecule has 7 heteroatoms. The molecule has 0 aliphatic carbocycles. The molecule has 3 rings (SSSR count). The van der Waals surface area contributed by atoms with Crippen LogP contribution in [0.25, 0.3) is 16.5 Å². The van der Waals surface area contributed by atoms with E-state index in [1.165, 1.54) is 42.7 Å². The molecule has 0 saturated carbocycles. The van der Waals surface area contributed by atoms with Crippen LogP contribution in [0.15, 0.2) is 60.7 Å².